The molecule has 106 valence electrons. The molecule has 0 saturated carbocycles. The highest BCUT2D eigenvalue weighted by molar-refractivity contribution is 9.10. The molecule has 1 atom stereocenters. The maximum Gasteiger partial charge on any atom is 0.194 e. The van der Waals surface area contributed by atoms with E-state index in [2.05, 4.69) is 21.4 Å². The van der Waals surface area contributed by atoms with Crippen molar-refractivity contribution in [3.8, 4) is 0 Å². The standard InChI is InChI=1S/C14H12BrF3N2/c15-9-3-1-2-8(6-9)7-12(20-19)10-4-5-11(16)14(18)13(10)17/h1-6,12,20H,7,19H2. The minimum atomic E-state index is -1.49. The third-order valence-electron chi connectivity index (χ3n) is 2.97. The van der Waals surface area contributed by atoms with Crippen LogP contribution >= 0.6 is 15.9 Å². The van der Waals surface area contributed by atoms with Crippen LogP contribution in [-0.2, 0) is 6.42 Å². The molecule has 0 spiro atoms. The fraction of sp³-hybridized carbons (Fsp3) is 0.143. The summed E-state index contributed by atoms with van der Waals surface area (Å²) >= 11 is 3.33. The summed E-state index contributed by atoms with van der Waals surface area (Å²) in [5, 5.41) is 0. The van der Waals surface area contributed by atoms with E-state index in [0.717, 1.165) is 16.1 Å². The number of hydrogen-bond donors (Lipinski definition) is 2. The average molecular weight is 345 g/mol. The molecule has 0 aliphatic rings. The van der Waals surface area contributed by atoms with Crippen molar-refractivity contribution in [2.75, 3.05) is 0 Å². The summed E-state index contributed by atoms with van der Waals surface area (Å²) in [5.74, 6) is 1.48. The van der Waals surface area contributed by atoms with Crippen molar-refractivity contribution in [3.63, 3.8) is 0 Å². The lowest BCUT2D eigenvalue weighted by Gasteiger charge is -2.17. The van der Waals surface area contributed by atoms with Gasteiger partial charge in [-0.05, 0) is 30.2 Å². The van der Waals surface area contributed by atoms with Crippen LogP contribution in [0.3, 0.4) is 0 Å². The Morgan fingerprint density at radius 2 is 1.85 bits per heavy atom. The third kappa shape index (κ3) is 3.20. The van der Waals surface area contributed by atoms with Crippen molar-refractivity contribution in [2.24, 2.45) is 5.84 Å². The highest BCUT2D eigenvalue weighted by Crippen LogP contribution is 2.24. The Bertz CT molecular complexity index is 619. The van der Waals surface area contributed by atoms with E-state index in [-0.39, 0.29) is 5.56 Å². The SMILES string of the molecule is NNC(Cc1cccc(Br)c1)c1ccc(F)c(F)c1F. The Morgan fingerprint density at radius 3 is 2.50 bits per heavy atom. The quantitative estimate of drug-likeness (QED) is 0.505. The van der Waals surface area contributed by atoms with E-state index >= 15 is 0 Å². The highest BCUT2D eigenvalue weighted by Gasteiger charge is 2.20. The zero-order valence-electron chi connectivity index (χ0n) is 10.3. The Balaban J connectivity index is 2.31. The molecule has 6 heteroatoms. The first-order chi connectivity index (χ1) is 9.52. The van der Waals surface area contributed by atoms with Gasteiger partial charge in [0, 0.05) is 10.0 Å². The number of benzene rings is 2. The van der Waals surface area contributed by atoms with Crippen molar-refractivity contribution in [1.29, 1.82) is 0 Å². The lowest BCUT2D eigenvalue weighted by Crippen LogP contribution is -2.30. The topological polar surface area (TPSA) is 38.0 Å². The van der Waals surface area contributed by atoms with Gasteiger partial charge in [0.15, 0.2) is 17.5 Å². The van der Waals surface area contributed by atoms with Crippen molar-refractivity contribution in [3.05, 3.63) is 69.4 Å². The third-order valence-corrected chi connectivity index (χ3v) is 3.46. The summed E-state index contributed by atoms with van der Waals surface area (Å²) in [5.41, 5.74) is 3.30. The maximum absolute atomic E-state index is 13.8. The van der Waals surface area contributed by atoms with Crippen LogP contribution in [0.2, 0.25) is 0 Å². The molecule has 1 unspecified atom stereocenters. The molecule has 0 radical (unpaired) electrons. The molecule has 2 nitrogen and oxygen atoms in total. The number of nitrogens with one attached hydrogen (secondary N) is 1. The molecule has 0 aliphatic carbocycles. The Morgan fingerprint density at radius 1 is 1.10 bits per heavy atom. The molecule has 0 saturated heterocycles. The van der Waals surface area contributed by atoms with Crippen molar-refractivity contribution < 1.29 is 13.2 Å². The molecule has 3 N–H and O–H groups in total. The molecule has 0 fully saturated rings. The van der Waals surface area contributed by atoms with E-state index < -0.39 is 23.5 Å². The first-order valence-corrected chi connectivity index (χ1v) is 6.66. The summed E-state index contributed by atoms with van der Waals surface area (Å²) < 4.78 is 40.8. The smallest absolute Gasteiger partial charge is 0.194 e. The molecular weight excluding hydrogens is 333 g/mol. The van der Waals surface area contributed by atoms with Crippen molar-refractivity contribution in [2.45, 2.75) is 12.5 Å². The molecule has 0 aliphatic heterocycles. The van der Waals surface area contributed by atoms with Crippen molar-refractivity contribution >= 4 is 15.9 Å². The molecule has 2 aromatic carbocycles. The van der Waals surface area contributed by atoms with E-state index in [1.165, 1.54) is 6.07 Å². The lowest BCUT2D eigenvalue weighted by molar-refractivity contribution is 0.425. The van der Waals surface area contributed by atoms with Gasteiger partial charge in [-0.15, -0.1) is 0 Å². The van der Waals surface area contributed by atoms with Crippen LogP contribution in [0.15, 0.2) is 40.9 Å². The van der Waals surface area contributed by atoms with Crippen LogP contribution in [-0.4, -0.2) is 0 Å². The predicted octanol–water partition coefficient (Wildman–Crippen LogP) is 3.61. The minimum Gasteiger partial charge on any atom is -0.271 e. The maximum atomic E-state index is 13.8. The van der Waals surface area contributed by atoms with Gasteiger partial charge in [-0.2, -0.15) is 0 Å². The second-order valence-electron chi connectivity index (χ2n) is 4.32. The molecule has 0 amide bonds. The average Bonchev–Trinajstić information content (AvgIpc) is 2.43. The van der Waals surface area contributed by atoms with Crippen LogP contribution in [0, 0.1) is 17.5 Å². The molecular formula is C14H12BrF3N2. The van der Waals surface area contributed by atoms with Crippen LogP contribution < -0.4 is 11.3 Å². The summed E-state index contributed by atoms with van der Waals surface area (Å²) in [6.07, 6.45) is 0.345. The molecule has 0 heterocycles. The van der Waals surface area contributed by atoms with Gasteiger partial charge in [0.1, 0.15) is 0 Å². The van der Waals surface area contributed by atoms with Gasteiger partial charge in [-0.25, -0.2) is 13.2 Å². The summed E-state index contributed by atoms with van der Waals surface area (Å²) in [6.45, 7) is 0. The van der Waals surface area contributed by atoms with E-state index in [1.54, 1.807) is 0 Å². The zero-order chi connectivity index (χ0) is 14.7. The number of halogens is 4. The highest BCUT2D eigenvalue weighted by atomic mass is 79.9. The van der Waals surface area contributed by atoms with Gasteiger partial charge in [0.25, 0.3) is 0 Å². The minimum absolute atomic E-state index is 0.00799. The van der Waals surface area contributed by atoms with E-state index in [4.69, 9.17) is 5.84 Å². The lowest BCUT2D eigenvalue weighted by atomic mass is 9.98. The van der Waals surface area contributed by atoms with Crippen LogP contribution in [0.4, 0.5) is 13.2 Å². The van der Waals surface area contributed by atoms with Gasteiger partial charge in [-0.3, -0.25) is 11.3 Å². The second-order valence-corrected chi connectivity index (χ2v) is 5.23. The first kappa shape index (κ1) is 15.0. The molecule has 2 aromatic rings. The zero-order valence-corrected chi connectivity index (χ0v) is 11.9. The number of rotatable bonds is 4. The summed E-state index contributed by atoms with van der Waals surface area (Å²) in [7, 11) is 0. The Hall–Kier alpha value is -1.37. The van der Waals surface area contributed by atoms with Gasteiger partial charge < -0.3 is 0 Å². The number of nitrogens with two attached hydrogens (primary N) is 1. The molecule has 2 rings (SSSR count). The first-order valence-electron chi connectivity index (χ1n) is 5.87. The van der Waals surface area contributed by atoms with Gasteiger partial charge in [0.05, 0.1) is 6.04 Å². The number of hydrazine groups is 1. The Labute approximate surface area is 122 Å². The van der Waals surface area contributed by atoms with E-state index in [0.29, 0.717) is 6.42 Å². The van der Waals surface area contributed by atoms with Crippen LogP contribution in [0.1, 0.15) is 17.2 Å². The number of hydrogen-bond acceptors (Lipinski definition) is 2. The second kappa shape index (κ2) is 6.39. The van der Waals surface area contributed by atoms with Crippen LogP contribution in [0.5, 0.6) is 0 Å². The van der Waals surface area contributed by atoms with Gasteiger partial charge in [-0.1, -0.05) is 34.1 Å². The largest absolute Gasteiger partial charge is 0.271 e. The fourth-order valence-electron chi connectivity index (χ4n) is 1.97. The van der Waals surface area contributed by atoms with Gasteiger partial charge >= 0.3 is 0 Å². The predicted molar refractivity (Wildman–Crippen MR) is 74.2 cm³/mol. The fourth-order valence-corrected chi connectivity index (χ4v) is 2.41. The molecule has 20 heavy (non-hydrogen) atoms. The molecule has 0 bridgehead atoms. The monoisotopic (exact) mass is 344 g/mol. The van der Waals surface area contributed by atoms with Crippen LogP contribution in [0.25, 0.3) is 0 Å². The van der Waals surface area contributed by atoms with E-state index in [9.17, 15) is 13.2 Å². The molecule has 0 aromatic heterocycles. The van der Waals surface area contributed by atoms with E-state index in [1.807, 2.05) is 24.3 Å². The summed E-state index contributed by atoms with van der Waals surface area (Å²) in [4.78, 5) is 0. The normalized spacial score (nSPS) is 12.4. The van der Waals surface area contributed by atoms with Gasteiger partial charge in [0.2, 0.25) is 0 Å². The van der Waals surface area contributed by atoms with Crippen molar-refractivity contribution in [1.82, 2.24) is 5.43 Å². The summed E-state index contributed by atoms with van der Waals surface area (Å²) in [6, 6.07) is 8.80. The Kier molecular flexibility index (Phi) is 4.80.